The van der Waals surface area contributed by atoms with Gasteiger partial charge in [-0.15, -0.1) is 0 Å². The van der Waals surface area contributed by atoms with E-state index in [4.69, 9.17) is 10.00 Å². The molecular formula is C14H16N4O. The lowest BCUT2D eigenvalue weighted by Crippen LogP contribution is -2.25. The van der Waals surface area contributed by atoms with Crippen molar-refractivity contribution in [3.05, 3.63) is 17.7 Å². The average molecular weight is 256 g/mol. The van der Waals surface area contributed by atoms with Crippen LogP contribution in [0.5, 0.6) is 5.75 Å². The molecule has 19 heavy (non-hydrogen) atoms. The Labute approximate surface area is 111 Å². The van der Waals surface area contributed by atoms with E-state index in [1.807, 2.05) is 7.05 Å². The van der Waals surface area contributed by atoms with Gasteiger partial charge in [0.25, 0.3) is 0 Å². The number of ether oxygens (including phenoxy) is 1. The summed E-state index contributed by atoms with van der Waals surface area (Å²) < 4.78 is 8.03. The van der Waals surface area contributed by atoms with Gasteiger partial charge in [-0.2, -0.15) is 5.26 Å². The largest absolute Gasteiger partial charge is 0.491 e. The second-order valence-electron chi connectivity index (χ2n) is 5.68. The monoisotopic (exact) mass is 256 g/mol. The quantitative estimate of drug-likeness (QED) is 0.850. The predicted octanol–water partition coefficient (Wildman–Crippen LogP) is 2.37. The van der Waals surface area contributed by atoms with Gasteiger partial charge in [-0.05, 0) is 6.07 Å². The molecule has 0 unspecified atom stereocenters. The van der Waals surface area contributed by atoms with Crippen molar-refractivity contribution >= 4 is 17.0 Å². The van der Waals surface area contributed by atoms with Crippen molar-refractivity contribution in [3.8, 4) is 11.8 Å². The number of hydrogen-bond acceptors (Lipinski definition) is 4. The maximum absolute atomic E-state index is 9.09. The molecule has 1 aliphatic heterocycles. The van der Waals surface area contributed by atoms with E-state index in [-0.39, 0.29) is 5.41 Å². The predicted molar refractivity (Wildman–Crippen MR) is 73.3 cm³/mol. The summed E-state index contributed by atoms with van der Waals surface area (Å²) >= 11 is 0. The molecule has 1 N–H and O–H groups in total. The molecule has 2 aromatic rings. The first-order valence-electron chi connectivity index (χ1n) is 6.29. The highest BCUT2D eigenvalue weighted by atomic mass is 16.5. The number of aromatic nitrogens is 2. The van der Waals surface area contributed by atoms with Crippen molar-refractivity contribution in [1.82, 2.24) is 9.55 Å². The number of rotatable bonds is 1. The van der Waals surface area contributed by atoms with Crippen LogP contribution in [0.2, 0.25) is 0 Å². The first-order chi connectivity index (χ1) is 9.04. The third-order valence-electron chi connectivity index (χ3n) is 3.36. The van der Waals surface area contributed by atoms with Gasteiger partial charge in [0.15, 0.2) is 0 Å². The second kappa shape index (κ2) is 3.89. The van der Waals surface area contributed by atoms with E-state index in [2.05, 4.69) is 34.8 Å². The fourth-order valence-electron chi connectivity index (χ4n) is 2.50. The highest BCUT2D eigenvalue weighted by Gasteiger charge is 2.28. The summed E-state index contributed by atoms with van der Waals surface area (Å²) in [4.78, 5) is 4.54. The summed E-state index contributed by atoms with van der Waals surface area (Å²) in [6, 6.07) is 5.75. The summed E-state index contributed by atoms with van der Waals surface area (Å²) in [6.07, 6.45) is 0. The van der Waals surface area contributed by atoms with Gasteiger partial charge in [-0.3, -0.25) is 0 Å². The average Bonchev–Trinajstić information content (AvgIpc) is 2.65. The molecule has 0 aliphatic carbocycles. The van der Waals surface area contributed by atoms with Crippen LogP contribution in [0.25, 0.3) is 11.0 Å². The lowest BCUT2D eigenvalue weighted by molar-refractivity contribution is 0.172. The van der Waals surface area contributed by atoms with E-state index in [1.165, 1.54) is 0 Å². The Morgan fingerprint density at radius 3 is 2.95 bits per heavy atom. The lowest BCUT2D eigenvalue weighted by Gasteiger charge is -2.22. The molecule has 1 aromatic carbocycles. The molecule has 0 saturated carbocycles. The van der Waals surface area contributed by atoms with Crippen molar-refractivity contribution < 1.29 is 4.74 Å². The standard InChI is InChI=1S/C14H16N4O/c1-14(2)7-18-12-10(17-13(18)16-3)4-9(6-15)5-11(12)19-8-14/h4-5H,7-8H2,1-3H3,(H,16,17). The zero-order chi connectivity index (χ0) is 13.6. The van der Waals surface area contributed by atoms with Gasteiger partial charge in [0, 0.05) is 25.1 Å². The Bertz CT molecular complexity index is 694. The molecule has 0 radical (unpaired) electrons. The van der Waals surface area contributed by atoms with Crippen LogP contribution in [-0.2, 0) is 6.54 Å². The molecule has 0 bridgehead atoms. The number of hydrogen-bond donors (Lipinski definition) is 1. The number of nitrogens with zero attached hydrogens (tertiary/aromatic N) is 3. The molecule has 0 saturated heterocycles. The topological polar surface area (TPSA) is 62.9 Å². The third-order valence-corrected chi connectivity index (χ3v) is 3.36. The minimum absolute atomic E-state index is 0.0189. The van der Waals surface area contributed by atoms with Crippen molar-refractivity contribution in [2.75, 3.05) is 19.0 Å². The molecule has 3 rings (SSSR count). The molecule has 1 aliphatic rings. The Morgan fingerprint density at radius 1 is 1.47 bits per heavy atom. The molecule has 0 spiro atoms. The van der Waals surface area contributed by atoms with Crippen molar-refractivity contribution in [1.29, 1.82) is 5.26 Å². The highest BCUT2D eigenvalue weighted by molar-refractivity contribution is 5.86. The summed E-state index contributed by atoms with van der Waals surface area (Å²) in [5.41, 5.74) is 2.37. The Hall–Kier alpha value is -2.22. The normalized spacial score (nSPS) is 16.5. The Morgan fingerprint density at radius 2 is 2.26 bits per heavy atom. The number of imidazole rings is 1. The van der Waals surface area contributed by atoms with E-state index in [9.17, 15) is 0 Å². The van der Waals surface area contributed by atoms with Crippen molar-refractivity contribution in [2.45, 2.75) is 20.4 Å². The first-order valence-corrected chi connectivity index (χ1v) is 6.29. The maximum atomic E-state index is 9.09. The SMILES string of the molecule is CNc1nc2cc(C#N)cc3c2n1CC(C)(C)CO3. The molecule has 5 heteroatoms. The van der Waals surface area contributed by atoms with Crippen LogP contribution in [0.4, 0.5) is 5.95 Å². The summed E-state index contributed by atoms with van der Waals surface area (Å²) in [6.45, 7) is 5.78. The zero-order valence-corrected chi connectivity index (χ0v) is 11.3. The molecule has 5 nitrogen and oxygen atoms in total. The van der Waals surface area contributed by atoms with Crippen molar-refractivity contribution in [3.63, 3.8) is 0 Å². The lowest BCUT2D eigenvalue weighted by atomic mass is 9.95. The maximum Gasteiger partial charge on any atom is 0.203 e. The fraction of sp³-hybridized carbons (Fsp3) is 0.429. The number of nitrogens with one attached hydrogen (secondary N) is 1. The van der Waals surface area contributed by atoms with Gasteiger partial charge in [0.05, 0.1) is 23.8 Å². The highest BCUT2D eigenvalue weighted by Crippen LogP contribution is 2.36. The molecule has 2 heterocycles. The van der Waals surface area contributed by atoms with Crippen LogP contribution in [0.3, 0.4) is 0 Å². The fourth-order valence-corrected chi connectivity index (χ4v) is 2.50. The molecule has 98 valence electrons. The zero-order valence-electron chi connectivity index (χ0n) is 11.3. The number of benzene rings is 1. The van der Waals surface area contributed by atoms with Crippen LogP contribution >= 0.6 is 0 Å². The van der Waals surface area contributed by atoms with Crippen LogP contribution in [-0.4, -0.2) is 23.2 Å². The van der Waals surface area contributed by atoms with Gasteiger partial charge in [-0.25, -0.2) is 4.98 Å². The first kappa shape index (κ1) is 11.8. The minimum atomic E-state index is 0.0189. The number of nitriles is 1. The van der Waals surface area contributed by atoms with E-state index < -0.39 is 0 Å². The Balaban J connectivity index is 2.33. The second-order valence-corrected chi connectivity index (χ2v) is 5.68. The summed E-state index contributed by atoms with van der Waals surface area (Å²) in [7, 11) is 1.86. The van der Waals surface area contributed by atoms with Gasteiger partial charge in [0.1, 0.15) is 11.3 Å². The molecule has 1 aromatic heterocycles. The third kappa shape index (κ3) is 1.80. The molecule has 0 amide bonds. The minimum Gasteiger partial charge on any atom is -0.491 e. The summed E-state index contributed by atoms with van der Waals surface area (Å²) in [5, 5.41) is 12.2. The smallest absolute Gasteiger partial charge is 0.203 e. The van der Waals surface area contributed by atoms with Gasteiger partial charge < -0.3 is 14.6 Å². The van der Waals surface area contributed by atoms with Crippen LogP contribution in [0, 0.1) is 16.7 Å². The van der Waals surface area contributed by atoms with E-state index in [1.54, 1.807) is 12.1 Å². The van der Waals surface area contributed by atoms with Gasteiger partial charge in [-0.1, -0.05) is 13.8 Å². The van der Waals surface area contributed by atoms with Crippen LogP contribution in [0.15, 0.2) is 12.1 Å². The Kier molecular flexibility index (Phi) is 2.42. The molecule has 0 atom stereocenters. The number of anilines is 1. The molecular weight excluding hydrogens is 240 g/mol. The van der Waals surface area contributed by atoms with Gasteiger partial charge >= 0.3 is 0 Å². The van der Waals surface area contributed by atoms with E-state index in [0.29, 0.717) is 12.2 Å². The van der Waals surface area contributed by atoms with E-state index in [0.717, 1.165) is 29.3 Å². The van der Waals surface area contributed by atoms with E-state index >= 15 is 0 Å². The van der Waals surface area contributed by atoms with Crippen molar-refractivity contribution in [2.24, 2.45) is 5.41 Å². The summed E-state index contributed by atoms with van der Waals surface area (Å²) in [5.74, 6) is 1.55. The molecule has 0 fully saturated rings. The van der Waals surface area contributed by atoms with Crippen LogP contribution in [0.1, 0.15) is 19.4 Å². The van der Waals surface area contributed by atoms with Gasteiger partial charge in [0.2, 0.25) is 5.95 Å². The van der Waals surface area contributed by atoms with Crippen LogP contribution < -0.4 is 10.1 Å².